The Morgan fingerprint density at radius 3 is 2.76 bits per heavy atom. The van der Waals surface area contributed by atoms with Crippen LogP contribution in [0.3, 0.4) is 0 Å². The number of rotatable bonds is 11. The minimum atomic E-state index is -0.764. The lowest BCUT2D eigenvalue weighted by atomic mass is 10.0. The number of carboxylic acids is 1. The lowest BCUT2D eigenvalue weighted by Crippen LogP contribution is -2.38. The van der Waals surface area contributed by atoms with Gasteiger partial charge in [0.2, 0.25) is 5.91 Å². The first-order valence-electron chi connectivity index (χ1n) is 9.12. The highest BCUT2D eigenvalue weighted by Gasteiger charge is 2.46. The molecule has 2 saturated heterocycles. The van der Waals surface area contributed by atoms with Crippen LogP contribution >= 0.6 is 11.8 Å². The summed E-state index contributed by atoms with van der Waals surface area (Å²) in [5.74, 6) is 0.290. The number of urea groups is 1. The highest BCUT2D eigenvalue weighted by atomic mass is 32.2. The lowest BCUT2D eigenvalue weighted by Gasteiger charge is -2.23. The van der Waals surface area contributed by atoms with Crippen LogP contribution in [0.25, 0.3) is 0 Å². The Hall–Kier alpha value is -1.44. The number of unbranched alkanes of at least 4 members (excludes halogenated alkanes) is 3. The van der Waals surface area contributed by atoms with Crippen molar-refractivity contribution in [3.8, 4) is 0 Å². The van der Waals surface area contributed by atoms with Crippen molar-refractivity contribution in [1.82, 2.24) is 15.5 Å². The first kappa shape index (κ1) is 19.9. The van der Waals surface area contributed by atoms with E-state index in [0.29, 0.717) is 24.6 Å². The van der Waals surface area contributed by atoms with Crippen molar-refractivity contribution >= 4 is 29.7 Å². The normalized spacial score (nSPS) is 24.9. The Morgan fingerprint density at radius 1 is 1.24 bits per heavy atom. The van der Waals surface area contributed by atoms with Crippen LogP contribution in [0.4, 0.5) is 4.79 Å². The molecule has 0 bridgehead atoms. The van der Waals surface area contributed by atoms with E-state index in [1.54, 1.807) is 0 Å². The number of likely N-dealkylation sites (N-methyl/N-ethyl adjacent to an activating group) is 1. The molecule has 8 heteroatoms. The molecule has 3 unspecified atom stereocenters. The summed E-state index contributed by atoms with van der Waals surface area (Å²) >= 11 is 1.92. The smallest absolute Gasteiger partial charge is 0.317 e. The van der Waals surface area contributed by atoms with Crippen LogP contribution < -0.4 is 10.6 Å². The quantitative estimate of drug-likeness (QED) is 0.380. The number of nitrogens with one attached hydrogen (secondary N) is 2. The highest BCUT2D eigenvalue weighted by Crippen LogP contribution is 2.36. The number of amides is 3. The Kier molecular flexibility index (Phi) is 7.87. The van der Waals surface area contributed by atoms with Gasteiger partial charge in [0.15, 0.2) is 0 Å². The van der Waals surface area contributed by atoms with Crippen molar-refractivity contribution in [2.24, 2.45) is 0 Å². The molecule has 3 atom stereocenters. The molecular formula is C17H29N3O4S. The van der Waals surface area contributed by atoms with Crippen LogP contribution in [0.2, 0.25) is 0 Å². The molecule has 3 N–H and O–H groups in total. The molecule has 0 aromatic heterocycles. The van der Waals surface area contributed by atoms with Gasteiger partial charge in [-0.15, -0.1) is 0 Å². The number of carbonyl (C=O) groups is 3. The lowest BCUT2D eigenvalue weighted by molar-refractivity contribution is -0.137. The predicted molar refractivity (Wildman–Crippen MR) is 97.7 cm³/mol. The Labute approximate surface area is 153 Å². The Bertz CT molecular complexity index is 489. The minimum absolute atomic E-state index is 0.0306. The summed E-state index contributed by atoms with van der Waals surface area (Å²) in [5, 5.41) is 14.9. The number of aliphatic carboxylic acids is 1. The third-order valence-corrected chi connectivity index (χ3v) is 6.39. The molecule has 0 spiro atoms. The van der Waals surface area contributed by atoms with Gasteiger partial charge in [-0.3, -0.25) is 9.59 Å². The first-order chi connectivity index (χ1) is 12.0. The van der Waals surface area contributed by atoms with E-state index >= 15 is 0 Å². The molecule has 3 amide bonds. The number of hydrogen-bond acceptors (Lipinski definition) is 4. The summed E-state index contributed by atoms with van der Waals surface area (Å²) in [4.78, 5) is 35.7. The van der Waals surface area contributed by atoms with Gasteiger partial charge in [0.05, 0.1) is 12.1 Å². The van der Waals surface area contributed by atoms with Gasteiger partial charge in [-0.1, -0.05) is 12.8 Å². The van der Waals surface area contributed by atoms with Crippen LogP contribution in [0.5, 0.6) is 0 Å². The second-order valence-corrected chi connectivity index (χ2v) is 8.10. The molecule has 0 aromatic carbocycles. The molecule has 2 aliphatic heterocycles. The fraction of sp³-hybridized carbons (Fsp3) is 0.824. The van der Waals surface area contributed by atoms with Crippen LogP contribution in [0.15, 0.2) is 0 Å². The molecule has 2 aliphatic rings. The van der Waals surface area contributed by atoms with Crippen LogP contribution in [-0.4, -0.2) is 64.6 Å². The number of carboxylic acid groups (broad SMARTS) is 1. The third-order valence-electron chi connectivity index (χ3n) is 4.89. The summed E-state index contributed by atoms with van der Waals surface area (Å²) in [6.45, 7) is 0.624. The summed E-state index contributed by atoms with van der Waals surface area (Å²) < 4.78 is 0. The first-order valence-corrected chi connectivity index (χ1v) is 10.2. The molecule has 2 rings (SSSR count). The molecule has 0 aliphatic carbocycles. The largest absolute Gasteiger partial charge is 0.481 e. The van der Waals surface area contributed by atoms with Crippen molar-refractivity contribution in [1.29, 1.82) is 0 Å². The number of fused-ring (bicyclic) bond motifs is 1. The number of nitrogens with zero attached hydrogens (tertiary/aromatic N) is 1. The van der Waals surface area contributed by atoms with Crippen LogP contribution in [-0.2, 0) is 9.59 Å². The molecular weight excluding hydrogens is 342 g/mol. The maximum Gasteiger partial charge on any atom is 0.317 e. The SMILES string of the molecule is CN1C(=O)NC2CSC(CCCCC(=O)NCCCCCC(=O)O)C21. The third kappa shape index (κ3) is 6.09. The standard InChI is InChI=1S/C17H29N3O4S/c1-20-16-12(19-17(20)24)11-25-13(16)7-4-5-8-14(21)18-10-6-2-3-9-15(22)23/h12-13,16H,2-11H2,1H3,(H,18,21)(H,19,24)(H,22,23). The molecule has 0 aromatic rings. The number of hydrogen-bond donors (Lipinski definition) is 3. The van der Waals surface area contributed by atoms with Gasteiger partial charge in [-0.25, -0.2) is 4.79 Å². The Balaban J connectivity index is 1.49. The van der Waals surface area contributed by atoms with Gasteiger partial charge in [-0.2, -0.15) is 11.8 Å². The van der Waals surface area contributed by atoms with Gasteiger partial charge in [0, 0.05) is 37.4 Å². The molecule has 2 heterocycles. The average Bonchev–Trinajstić information content (AvgIpc) is 3.08. The second-order valence-electron chi connectivity index (χ2n) is 6.83. The van der Waals surface area contributed by atoms with E-state index in [0.717, 1.165) is 37.9 Å². The van der Waals surface area contributed by atoms with E-state index in [-0.39, 0.29) is 30.4 Å². The summed E-state index contributed by atoms with van der Waals surface area (Å²) in [6, 6.07) is 0.595. The summed E-state index contributed by atoms with van der Waals surface area (Å²) in [7, 11) is 1.86. The molecule has 0 radical (unpaired) electrons. The zero-order valence-corrected chi connectivity index (χ0v) is 15.6. The van der Waals surface area contributed by atoms with Gasteiger partial charge in [0.25, 0.3) is 0 Å². The maximum atomic E-state index is 11.8. The summed E-state index contributed by atoms with van der Waals surface area (Å²) in [5.41, 5.74) is 0. The number of carbonyl (C=O) groups excluding carboxylic acids is 2. The van der Waals surface area contributed by atoms with E-state index in [1.807, 2.05) is 23.7 Å². The van der Waals surface area contributed by atoms with Crippen LogP contribution in [0, 0.1) is 0 Å². The summed E-state index contributed by atoms with van der Waals surface area (Å²) in [6.07, 6.45) is 5.95. The van der Waals surface area contributed by atoms with Gasteiger partial charge < -0.3 is 20.6 Å². The van der Waals surface area contributed by atoms with E-state index in [4.69, 9.17) is 5.11 Å². The molecule has 0 saturated carbocycles. The van der Waals surface area contributed by atoms with E-state index in [1.165, 1.54) is 0 Å². The fourth-order valence-electron chi connectivity index (χ4n) is 3.51. The van der Waals surface area contributed by atoms with Crippen molar-refractivity contribution in [2.45, 2.75) is 68.7 Å². The molecule has 25 heavy (non-hydrogen) atoms. The topological polar surface area (TPSA) is 98.7 Å². The number of thioether (sulfide) groups is 1. The fourth-order valence-corrected chi connectivity index (χ4v) is 5.14. The second kappa shape index (κ2) is 9.89. The zero-order valence-electron chi connectivity index (χ0n) is 14.8. The van der Waals surface area contributed by atoms with Gasteiger partial charge >= 0.3 is 12.0 Å². The zero-order chi connectivity index (χ0) is 18.2. The molecule has 2 fully saturated rings. The van der Waals surface area contributed by atoms with E-state index < -0.39 is 5.97 Å². The van der Waals surface area contributed by atoms with Crippen molar-refractivity contribution in [2.75, 3.05) is 19.3 Å². The van der Waals surface area contributed by atoms with E-state index in [9.17, 15) is 14.4 Å². The molecule has 7 nitrogen and oxygen atoms in total. The van der Waals surface area contributed by atoms with Crippen molar-refractivity contribution < 1.29 is 19.5 Å². The predicted octanol–water partition coefficient (Wildman–Crippen LogP) is 1.82. The highest BCUT2D eigenvalue weighted by molar-refractivity contribution is 8.00. The monoisotopic (exact) mass is 371 g/mol. The van der Waals surface area contributed by atoms with Crippen molar-refractivity contribution in [3.63, 3.8) is 0 Å². The Morgan fingerprint density at radius 2 is 2.00 bits per heavy atom. The van der Waals surface area contributed by atoms with Gasteiger partial charge in [0.1, 0.15) is 0 Å². The van der Waals surface area contributed by atoms with Crippen molar-refractivity contribution in [3.05, 3.63) is 0 Å². The van der Waals surface area contributed by atoms with Crippen LogP contribution in [0.1, 0.15) is 51.4 Å². The molecule has 142 valence electrons. The van der Waals surface area contributed by atoms with E-state index in [2.05, 4.69) is 10.6 Å². The maximum absolute atomic E-state index is 11.8. The van der Waals surface area contributed by atoms with Gasteiger partial charge in [-0.05, 0) is 25.7 Å². The average molecular weight is 372 g/mol. The minimum Gasteiger partial charge on any atom is -0.481 e.